The molecule has 1 unspecified atom stereocenters. The third-order valence-electron chi connectivity index (χ3n) is 3.02. The predicted octanol–water partition coefficient (Wildman–Crippen LogP) is 2.28. The first kappa shape index (κ1) is 21.5. The van der Waals surface area contributed by atoms with Crippen molar-refractivity contribution < 1.29 is 18.7 Å². The second-order valence-corrected chi connectivity index (χ2v) is 6.69. The summed E-state index contributed by atoms with van der Waals surface area (Å²) in [6.07, 6.45) is -0.595. The number of carbonyl (C=O) groups excluding carboxylic acids is 1. The number of benzene rings is 1. The second kappa shape index (κ2) is 10.5. The minimum absolute atomic E-state index is 0.140. The van der Waals surface area contributed by atoms with Gasteiger partial charge in [0, 0.05) is 20.1 Å². The number of alkyl carbamates (subject to hydrolysis) is 1. The SMILES string of the molecule is CN=C(NCCNC(=O)OC(C)(C)C)NCC(C)Oc1ccc(F)cc1. The minimum atomic E-state index is -0.518. The van der Waals surface area contributed by atoms with Crippen molar-refractivity contribution in [3.8, 4) is 5.75 Å². The summed E-state index contributed by atoms with van der Waals surface area (Å²) in [5.41, 5.74) is -0.518. The molecule has 8 heteroatoms. The summed E-state index contributed by atoms with van der Waals surface area (Å²) in [7, 11) is 1.65. The van der Waals surface area contributed by atoms with Crippen LogP contribution in [0.3, 0.4) is 0 Å². The predicted molar refractivity (Wildman–Crippen MR) is 100 cm³/mol. The highest BCUT2D eigenvalue weighted by molar-refractivity contribution is 5.79. The molecule has 0 aliphatic rings. The van der Waals surface area contributed by atoms with Crippen molar-refractivity contribution in [1.82, 2.24) is 16.0 Å². The van der Waals surface area contributed by atoms with Gasteiger partial charge < -0.3 is 25.4 Å². The molecule has 7 nitrogen and oxygen atoms in total. The van der Waals surface area contributed by atoms with Crippen LogP contribution >= 0.6 is 0 Å². The molecule has 3 N–H and O–H groups in total. The Kier molecular flexibility index (Phi) is 8.67. The van der Waals surface area contributed by atoms with Gasteiger partial charge in [0.2, 0.25) is 0 Å². The zero-order valence-corrected chi connectivity index (χ0v) is 16.1. The normalized spacial score (nSPS) is 12.9. The number of nitrogens with one attached hydrogen (secondary N) is 3. The highest BCUT2D eigenvalue weighted by Gasteiger charge is 2.15. The van der Waals surface area contributed by atoms with Gasteiger partial charge in [-0.2, -0.15) is 0 Å². The highest BCUT2D eigenvalue weighted by atomic mass is 19.1. The van der Waals surface area contributed by atoms with Crippen LogP contribution in [0.25, 0.3) is 0 Å². The largest absolute Gasteiger partial charge is 0.489 e. The lowest BCUT2D eigenvalue weighted by Crippen LogP contribution is -2.44. The molecule has 146 valence electrons. The molecule has 26 heavy (non-hydrogen) atoms. The zero-order valence-electron chi connectivity index (χ0n) is 16.1. The Balaban J connectivity index is 2.24. The second-order valence-electron chi connectivity index (χ2n) is 6.69. The fourth-order valence-corrected chi connectivity index (χ4v) is 1.91. The Hall–Kier alpha value is -2.51. The Morgan fingerprint density at radius 1 is 1.15 bits per heavy atom. The van der Waals surface area contributed by atoms with Crippen LogP contribution in [0.5, 0.6) is 5.75 Å². The van der Waals surface area contributed by atoms with Gasteiger partial charge in [-0.1, -0.05) is 0 Å². The highest BCUT2D eigenvalue weighted by Crippen LogP contribution is 2.12. The molecule has 0 aliphatic heterocycles. The molecular formula is C18H29FN4O3. The molecule has 0 saturated carbocycles. The Bertz CT molecular complexity index is 585. The van der Waals surface area contributed by atoms with Crippen LogP contribution in [-0.4, -0.2) is 50.4 Å². The third-order valence-corrected chi connectivity index (χ3v) is 3.02. The molecular weight excluding hydrogens is 339 g/mol. The van der Waals surface area contributed by atoms with Crippen molar-refractivity contribution in [3.05, 3.63) is 30.1 Å². The number of ether oxygens (including phenoxy) is 2. The van der Waals surface area contributed by atoms with Gasteiger partial charge in [-0.3, -0.25) is 4.99 Å². The van der Waals surface area contributed by atoms with Gasteiger partial charge in [0.05, 0.1) is 6.54 Å². The van der Waals surface area contributed by atoms with Crippen LogP contribution < -0.4 is 20.7 Å². The van der Waals surface area contributed by atoms with E-state index in [4.69, 9.17) is 9.47 Å². The van der Waals surface area contributed by atoms with Crippen molar-refractivity contribution in [2.75, 3.05) is 26.7 Å². The molecule has 1 aromatic rings. The smallest absolute Gasteiger partial charge is 0.407 e. The molecule has 0 heterocycles. The molecule has 0 saturated heterocycles. The van der Waals surface area contributed by atoms with E-state index in [0.717, 1.165) is 0 Å². The van der Waals surface area contributed by atoms with Crippen LogP contribution in [0.1, 0.15) is 27.7 Å². The van der Waals surface area contributed by atoms with E-state index in [-0.39, 0.29) is 11.9 Å². The third kappa shape index (κ3) is 9.71. The van der Waals surface area contributed by atoms with E-state index in [1.54, 1.807) is 19.2 Å². The number of halogens is 1. The van der Waals surface area contributed by atoms with E-state index in [0.29, 0.717) is 31.3 Å². The monoisotopic (exact) mass is 368 g/mol. The van der Waals surface area contributed by atoms with Gasteiger partial charge in [0.1, 0.15) is 23.3 Å². The first-order valence-electron chi connectivity index (χ1n) is 8.53. The number of hydrogen-bond donors (Lipinski definition) is 3. The lowest BCUT2D eigenvalue weighted by atomic mass is 10.2. The average Bonchev–Trinajstić information content (AvgIpc) is 2.54. The van der Waals surface area contributed by atoms with E-state index >= 15 is 0 Å². The van der Waals surface area contributed by atoms with Gasteiger partial charge in [0.15, 0.2) is 5.96 Å². The molecule has 0 bridgehead atoms. The summed E-state index contributed by atoms with van der Waals surface area (Å²) in [4.78, 5) is 15.6. The number of amides is 1. The average molecular weight is 368 g/mol. The first-order valence-corrected chi connectivity index (χ1v) is 8.53. The van der Waals surface area contributed by atoms with Gasteiger partial charge in [-0.15, -0.1) is 0 Å². The van der Waals surface area contributed by atoms with Crippen molar-refractivity contribution in [2.24, 2.45) is 4.99 Å². The number of carbonyl (C=O) groups is 1. The van der Waals surface area contributed by atoms with E-state index in [1.807, 2.05) is 27.7 Å². The summed E-state index contributed by atoms with van der Waals surface area (Å²) in [5, 5.41) is 8.86. The van der Waals surface area contributed by atoms with Gasteiger partial charge in [-0.05, 0) is 52.0 Å². The Morgan fingerprint density at radius 2 is 1.77 bits per heavy atom. The van der Waals surface area contributed by atoms with Crippen LogP contribution in [0.4, 0.5) is 9.18 Å². The summed E-state index contributed by atoms with van der Waals surface area (Å²) >= 11 is 0. The fraction of sp³-hybridized carbons (Fsp3) is 0.556. The van der Waals surface area contributed by atoms with Gasteiger partial charge in [0.25, 0.3) is 0 Å². The number of hydrogen-bond acceptors (Lipinski definition) is 4. The maximum Gasteiger partial charge on any atom is 0.407 e. The Labute approximate surface area is 154 Å². The molecule has 0 fully saturated rings. The quantitative estimate of drug-likeness (QED) is 0.391. The molecule has 0 aromatic heterocycles. The van der Waals surface area contributed by atoms with Crippen LogP contribution in [0.2, 0.25) is 0 Å². The van der Waals surface area contributed by atoms with Crippen LogP contribution in [0.15, 0.2) is 29.3 Å². The number of guanidine groups is 1. The molecule has 0 spiro atoms. The molecule has 0 aliphatic carbocycles. The molecule has 1 amide bonds. The van der Waals surface area contributed by atoms with E-state index < -0.39 is 11.7 Å². The maximum atomic E-state index is 12.9. The zero-order chi connectivity index (χ0) is 19.6. The fourth-order valence-electron chi connectivity index (χ4n) is 1.91. The van der Waals surface area contributed by atoms with E-state index in [1.165, 1.54) is 12.1 Å². The molecule has 1 rings (SSSR count). The van der Waals surface area contributed by atoms with Crippen molar-refractivity contribution in [2.45, 2.75) is 39.4 Å². The summed E-state index contributed by atoms with van der Waals surface area (Å²) < 4.78 is 23.7. The lowest BCUT2D eigenvalue weighted by molar-refractivity contribution is 0.0529. The van der Waals surface area contributed by atoms with Gasteiger partial charge >= 0.3 is 6.09 Å². The minimum Gasteiger partial charge on any atom is -0.489 e. The van der Waals surface area contributed by atoms with Crippen LogP contribution in [-0.2, 0) is 4.74 Å². The molecule has 1 aromatic carbocycles. The molecule has 0 radical (unpaired) electrons. The van der Waals surface area contributed by atoms with E-state index in [2.05, 4.69) is 20.9 Å². The number of aliphatic imine (C=N–C) groups is 1. The number of nitrogens with zero attached hydrogens (tertiary/aromatic N) is 1. The summed E-state index contributed by atoms with van der Waals surface area (Å²) in [5.74, 6) is 0.892. The van der Waals surface area contributed by atoms with Gasteiger partial charge in [-0.25, -0.2) is 9.18 Å². The topological polar surface area (TPSA) is 84.0 Å². The standard InChI is InChI=1S/C18H29FN4O3/c1-13(25-15-8-6-14(19)7-9-15)12-23-16(20-5)21-10-11-22-17(24)26-18(2,3)4/h6-9,13H,10-12H2,1-5H3,(H,22,24)(H2,20,21,23). The summed E-state index contributed by atoms with van der Waals surface area (Å²) in [6, 6.07) is 5.88. The number of rotatable bonds is 7. The van der Waals surface area contributed by atoms with Crippen LogP contribution in [0, 0.1) is 5.82 Å². The molecule has 1 atom stereocenters. The Morgan fingerprint density at radius 3 is 2.35 bits per heavy atom. The summed E-state index contributed by atoms with van der Waals surface area (Å²) in [6.45, 7) is 8.73. The lowest BCUT2D eigenvalue weighted by Gasteiger charge is -2.20. The van der Waals surface area contributed by atoms with Crippen molar-refractivity contribution in [3.63, 3.8) is 0 Å². The first-order chi connectivity index (χ1) is 12.2. The maximum absolute atomic E-state index is 12.9. The van der Waals surface area contributed by atoms with Crippen molar-refractivity contribution >= 4 is 12.1 Å². The van der Waals surface area contributed by atoms with Crippen molar-refractivity contribution in [1.29, 1.82) is 0 Å². The van der Waals surface area contributed by atoms with E-state index in [9.17, 15) is 9.18 Å².